The van der Waals surface area contributed by atoms with Crippen LogP contribution in [0.3, 0.4) is 0 Å². The number of hydrogen-bond acceptors (Lipinski definition) is 2. The van der Waals surface area contributed by atoms with Crippen molar-refractivity contribution < 1.29 is 9.18 Å². The first kappa shape index (κ1) is 13.6. The number of nitrogen functional groups attached to an aromatic ring is 1. The molecule has 1 aliphatic rings. The van der Waals surface area contributed by atoms with Crippen molar-refractivity contribution in [3.05, 3.63) is 65.0 Å². The van der Waals surface area contributed by atoms with Gasteiger partial charge < -0.3 is 10.6 Å². The average Bonchev–Trinajstić information content (AvgIpc) is 2.71. The molecule has 21 heavy (non-hydrogen) atoms. The maximum atomic E-state index is 13.5. The van der Waals surface area contributed by atoms with Crippen LogP contribution >= 0.6 is 0 Å². The molecule has 0 saturated heterocycles. The first-order chi connectivity index (χ1) is 10.1. The maximum Gasteiger partial charge on any atom is 0.254 e. The van der Waals surface area contributed by atoms with E-state index in [4.69, 9.17) is 5.73 Å². The quantitative estimate of drug-likeness (QED) is 0.818. The highest BCUT2D eigenvalue weighted by atomic mass is 19.1. The summed E-state index contributed by atoms with van der Waals surface area (Å²) >= 11 is 0. The molecule has 0 aromatic heterocycles. The summed E-state index contributed by atoms with van der Waals surface area (Å²) in [4.78, 5) is 14.3. The third-order valence-electron chi connectivity index (χ3n) is 3.89. The van der Waals surface area contributed by atoms with Gasteiger partial charge in [-0.1, -0.05) is 24.3 Å². The van der Waals surface area contributed by atoms with Crippen molar-refractivity contribution in [3.8, 4) is 0 Å². The lowest BCUT2D eigenvalue weighted by atomic mass is 10.0. The van der Waals surface area contributed by atoms with E-state index >= 15 is 0 Å². The van der Waals surface area contributed by atoms with Gasteiger partial charge in [0.1, 0.15) is 5.82 Å². The van der Waals surface area contributed by atoms with Crippen molar-refractivity contribution in [3.63, 3.8) is 0 Å². The monoisotopic (exact) mass is 284 g/mol. The summed E-state index contributed by atoms with van der Waals surface area (Å²) in [5.41, 5.74) is 8.32. The summed E-state index contributed by atoms with van der Waals surface area (Å²) in [6, 6.07) is 12.4. The van der Waals surface area contributed by atoms with Gasteiger partial charge in [0.05, 0.1) is 5.69 Å². The fourth-order valence-electron chi connectivity index (χ4n) is 2.72. The summed E-state index contributed by atoms with van der Waals surface area (Å²) in [5.74, 6) is -0.693. The van der Waals surface area contributed by atoms with Crippen molar-refractivity contribution in [1.82, 2.24) is 4.90 Å². The molecular weight excluding hydrogens is 267 g/mol. The Bertz CT molecular complexity index is 684. The van der Waals surface area contributed by atoms with Crippen LogP contribution in [-0.2, 0) is 13.0 Å². The van der Waals surface area contributed by atoms with E-state index in [9.17, 15) is 9.18 Å². The molecule has 108 valence electrons. The van der Waals surface area contributed by atoms with Gasteiger partial charge in [0.15, 0.2) is 0 Å². The molecule has 0 atom stereocenters. The molecule has 0 bridgehead atoms. The van der Waals surface area contributed by atoms with Crippen LogP contribution in [0.4, 0.5) is 10.1 Å². The van der Waals surface area contributed by atoms with Crippen LogP contribution in [0.2, 0.25) is 0 Å². The number of nitrogens with zero attached hydrogens (tertiary/aromatic N) is 1. The Labute approximate surface area is 123 Å². The lowest BCUT2D eigenvalue weighted by Crippen LogP contribution is -2.30. The Morgan fingerprint density at radius 2 is 1.90 bits per heavy atom. The van der Waals surface area contributed by atoms with Gasteiger partial charge in [0, 0.05) is 18.7 Å². The number of halogens is 1. The largest absolute Gasteiger partial charge is 0.396 e. The number of nitrogens with two attached hydrogens (primary N) is 1. The van der Waals surface area contributed by atoms with Gasteiger partial charge in [-0.25, -0.2) is 4.39 Å². The predicted molar refractivity (Wildman–Crippen MR) is 80.3 cm³/mol. The molecule has 0 spiro atoms. The predicted octanol–water partition coefficient (Wildman–Crippen LogP) is 3.00. The molecule has 4 heteroatoms. The van der Waals surface area contributed by atoms with E-state index in [-0.39, 0.29) is 11.6 Å². The Morgan fingerprint density at radius 1 is 1.14 bits per heavy atom. The average molecular weight is 284 g/mol. The van der Waals surface area contributed by atoms with Crippen LogP contribution in [0.1, 0.15) is 27.9 Å². The fourth-order valence-corrected chi connectivity index (χ4v) is 2.72. The zero-order chi connectivity index (χ0) is 14.8. The Hall–Kier alpha value is -2.36. The van der Waals surface area contributed by atoms with E-state index in [0.29, 0.717) is 18.7 Å². The molecule has 1 heterocycles. The van der Waals surface area contributed by atoms with Crippen LogP contribution in [0.5, 0.6) is 0 Å². The second kappa shape index (κ2) is 5.56. The number of benzene rings is 2. The molecule has 0 radical (unpaired) electrons. The zero-order valence-electron chi connectivity index (χ0n) is 11.7. The van der Waals surface area contributed by atoms with Gasteiger partial charge in [-0.3, -0.25) is 4.79 Å². The third kappa shape index (κ3) is 2.75. The second-order valence-electron chi connectivity index (χ2n) is 5.34. The standard InChI is InChI=1S/C17H17FN2O/c18-15-10-13(7-8-16(15)19)17(21)20-9-3-6-12-4-1-2-5-14(12)11-20/h1-2,4-5,7-8,10H,3,6,9,11,19H2. The van der Waals surface area contributed by atoms with Gasteiger partial charge in [-0.2, -0.15) is 0 Å². The molecular formula is C17H17FN2O. The fraction of sp³-hybridized carbons (Fsp3) is 0.235. The van der Waals surface area contributed by atoms with Gasteiger partial charge in [-0.15, -0.1) is 0 Å². The molecule has 0 aliphatic carbocycles. The normalized spacial score (nSPS) is 14.4. The number of anilines is 1. The van der Waals surface area contributed by atoms with Gasteiger partial charge >= 0.3 is 0 Å². The highest BCUT2D eigenvalue weighted by Gasteiger charge is 2.20. The van der Waals surface area contributed by atoms with Crippen molar-refractivity contribution in [2.45, 2.75) is 19.4 Å². The van der Waals surface area contributed by atoms with Crippen molar-refractivity contribution >= 4 is 11.6 Å². The summed E-state index contributed by atoms with van der Waals surface area (Å²) in [5, 5.41) is 0. The molecule has 0 saturated carbocycles. The topological polar surface area (TPSA) is 46.3 Å². The number of fused-ring (bicyclic) bond motifs is 1. The zero-order valence-corrected chi connectivity index (χ0v) is 11.7. The van der Waals surface area contributed by atoms with E-state index in [2.05, 4.69) is 6.07 Å². The molecule has 0 unspecified atom stereocenters. The number of aryl methyl sites for hydroxylation is 1. The van der Waals surface area contributed by atoms with Gasteiger partial charge in [-0.05, 0) is 42.2 Å². The lowest BCUT2D eigenvalue weighted by molar-refractivity contribution is 0.0745. The Balaban J connectivity index is 1.86. The number of carbonyl (C=O) groups excluding carboxylic acids is 1. The van der Waals surface area contributed by atoms with E-state index in [1.807, 2.05) is 18.2 Å². The maximum absolute atomic E-state index is 13.5. The highest BCUT2D eigenvalue weighted by Crippen LogP contribution is 2.21. The van der Waals surface area contributed by atoms with Crippen LogP contribution in [0.25, 0.3) is 0 Å². The molecule has 2 aromatic rings. The van der Waals surface area contributed by atoms with E-state index in [1.54, 1.807) is 11.0 Å². The minimum absolute atomic E-state index is 0.0627. The van der Waals surface area contributed by atoms with Crippen LogP contribution in [-0.4, -0.2) is 17.4 Å². The number of carbonyl (C=O) groups is 1. The molecule has 1 amide bonds. The van der Waals surface area contributed by atoms with Crippen molar-refractivity contribution in [2.24, 2.45) is 0 Å². The highest BCUT2D eigenvalue weighted by molar-refractivity contribution is 5.94. The van der Waals surface area contributed by atoms with Crippen LogP contribution in [0, 0.1) is 5.82 Å². The second-order valence-corrected chi connectivity index (χ2v) is 5.34. The third-order valence-corrected chi connectivity index (χ3v) is 3.89. The van der Waals surface area contributed by atoms with Crippen molar-refractivity contribution in [1.29, 1.82) is 0 Å². The summed E-state index contributed by atoms with van der Waals surface area (Å²) < 4.78 is 13.5. The first-order valence-corrected chi connectivity index (χ1v) is 7.06. The summed E-state index contributed by atoms with van der Waals surface area (Å²) in [7, 11) is 0. The van der Waals surface area contributed by atoms with E-state index < -0.39 is 5.82 Å². The molecule has 3 nitrogen and oxygen atoms in total. The SMILES string of the molecule is Nc1ccc(C(=O)N2CCCc3ccccc3C2)cc1F. The van der Waals surface area contributed by atoms with Crippen LogP contribution in [0.15, 0.2) is 42.5 Å². The molecule has 2 N–H and O–H groups in total. The lowest BCUT2D eigenvalue weighted by Gasteiger charge is -2.21. The van der Waals surface area contributed by atoms with E-state index in [0.717, 1.165) is 12.8 Å². The number of amides is 1. The van der Waals surface area contributed by atoms with Gasteiger partial charge in [0.2, 0.25) is 0 Å². The number of rotatable bonds is 1. The first-order valence-electron chi connectivity index (χ1n) is 7.06. The van der Waals surface area contributed by atoms with E-state index in [1.165, 1.54) is 23.3 Å². The molecule has 3 rings (SSSR count). The summed E-state index contributed by atoms with van der Waals surface area (Å²) in [6.45, 7) is 1.25. The Kier molecular flexibility index (Phi) is 3.60. The minimum Gasteiger partial charge on any atom is -0.396 e. The van der Waals surface area contributed by atoms with Crippen molar-refractivity contribution in [2.75, 3.05) is 12.3 Å². The van der Waals surface area contributed by atoms with Crippen LogP contribution < -0.4 is 5.73 Å². The molecule has 2 aromatic carbocycles. The number of hydrogen-bond donors (Lipinski definition) is 1. The van der Waals surface area contributed by atoms with Gasteiger partial charge in [0.25, 0.3) is 5.91 Å². The molecule has 0 fully saturated rings. The minimum atomic E-state index is -0.545. The summed E-state index contributed by atoms with van der Waals surface area (Å²) in [6.07, 6.45) is 1.89. The smallest absolute Gasteiger partial charge is 0.254 e. The molecule has 1 aliphatic heterocycles. The Morgan fingerprint density at radius 3 is 2.67 bits per heavy atom.